The highest BCUT2D eigenvalue weighted by Crippen LogP contribution is 2.36. The molecule has 0 unspecified atom stereocenters. The number of aromatic nitrogens is 3. The minimum atomic E-state index is -0.259. The Labute approximate surface area is 165 Å². The van der Waals surface area contributed by atoms with Gasteiger partial charge in [-0.15, -0.1) is 11.3 Å². The fourth-order valence-corrected chi connectivity index (χ4v) is 5.04. The normalized spacial score (nSPS) is 14.6. The van der Waals surface area contributed by atoms with E-state index in [1.807, 2.05) is 48.0 Å². The zero-order chi connectivity index (χ0) is 19.4. The summed E-state index contributed by atoms with van der Waals surface area (Å²) in [6.07, 6.45) is 4.07. The van der Waals surface area contributed by atoms with Crippen molar-refractivity contribution in [2.45, 2.75) is 38.5 Å². The van der Waals surface area contributed by atoms with Crippen molar-refractivity contribution in [1.82, 2.24) is 14.1 Å². The molecule has 0 saturated heterocycles. The average Bonchev–Trinajstić information content (AvgIpc) is 3.10. The molecule has 1 aromatic carbocycles. The van der Waals surface area contributed by atoms with Gasteiger partial charge in [-0.25, -0.2) is 4.98 Å². The SMILES string of the molecule is CCc1cc2c(=O)c3c(=O)n(-c4ccccc4)c(C4CCC4)nc3n(C)c2s1. The van der Waals surface area contributed by atoms with Crippen molar-refractivity contribution < 1.29 is 0 Å². The van der Waals surface area contributed by atoms with E-state index in [0.717, 1.165) is 46.9 Å². The molecule has 0 spiro atoms. The van der Waals surface area contributed by atoms with E-state index >= 15 is 0 Å². The van der Waals surface area contributed by atoms with Crippen molar-refractivity contribution in [3.05, 3.63) is 67.7 Å². The summed E-state index contributed by atoms with van der Waals surface area (Å²) < 4.78 is 3.58. The maximum absolute atomic E-state index is 13.6. The lowest BCUT2D eigenvalue weighted by molar-refractivity contribution is 0.394. The number of rotatable bonds is 3. The summed E-state index contributed by atoms with van der Waals surface area (Å²) in [6.45, 7) is 2.07. The third-order valence-electron chi connectivity index (χ3n) is 5.78. The van der Waals surface area contributed by atoms with Crippen LogP contribution >= 0.6 is 11.3 Å². The lowest BCUT2D eigenvalue weighted by Crippen LogP contribution is -2.31. The molecule has 0 N–H and O–H groups in total. The molecule has 1 fully saturated rings. The van der Waals surface area contributed by atoms with Gasteiger partial charge in [-0.3, -0.25) is 14.2 Å². The lowest BCUT2D eigenvalue weighted by Gasteiger charge is -2.27. The first-order valence-corrected chi connectivity index (χ1v) is 10.5. The molecular formula is C22H21N3O2S. The van der Waals surface area contributed by atoms with E-state index in [1.165, 1.54) is 0 Å². The number of hydrogen-bond acceptors (Lipinski definition) is 4. The van der Waals surface area contributed by atoms with Crippen molar-refractivity contribution in [2.75, 3.05) is 0 Å². The Balaban J connectivity index is 1.96. The van der Waals surface area contributed by atoms with Crippen LogP contribution < -0.4 is 11.0 Å². The summed E-state index contributed by atoms with van der Waals surface area (Å²) >= 11 is 1.61. The highest BCUT2D eigenvalue weighted by atomic mass is 32.1. The molecule has 0 amide bonds. The van der Waals surface area contributed by atoms with Gasteiger partial charge < -0.3 is 4.57 Å². The minimum absolute atomic E-state index is 0.183. The van der Waals surface area contributed by atoms with Crippen molar-refractivity contribution in [3.8, 4) is 5.69 Å². The zero-order valence-electron chi connectivity index (χ0n) is 15.9. The van der Waals surface area contributed by atoms with Gasteiger partial charge in [0.05, 0.1) is 11.1 Å². The van der Waals surface area contributed by atoms with Gasteiger partial charge in [-0.1, -0.05) is 31.5 Å². The molecule has 28 heavy (non-hydrogen) atoms. The Bertz CT molecular complexity index is 1330. The van der Waals surface area contributed by atoms with Crippen LogP contribution in [0.15, 0.2) is 46.0 Å². The van der Waals surface area contributed by atoms with Crippen molar-refractivity contribution >= 4 is 32.6 Å². The molecule has 1 aliphatic carbocycles. The Morgan fingerprint density at radius 1 is 1.18 bits per heavy atom. The highest BCUT2D eigenvalue weighted by Gasteiger charge is 2.28. The minimum Gasteiger partial charge on any atom is -0.320 e. The molecule has 6 heteroatoms. The predicted octanol–water partition coefficient (Wildman–Crippen LogP) is 4.13. The van der Waals surface area contributed by atoms with E-state index in [2.05, 4.69) is 6.92 Å². The van der Waals surface area contributed by atoms with E-state index in [-0.39, 0.29) is 22.3 Å². The number of thiophene rings is 1. The second-order valence-corrected chi connectivity index (χ2v) is 8.56. The quantitative estimate of drug-likeness (QED) is 0.528. The lowest BCUT2D eigenvalue weighted by atomic mass is 9.84. The summed E-state index contributed by atoms with van der Waals surface area (Å²) in [5.41, 5.74) is 0.804. The first-order chi connectivity index (χ1) is 13.6. The second-order valence-electron chi connectivity index (χ2n) is 7.45. The van der Waals surface area contributed by atoms with Gasteiger partial charge in [0, 0.05) is 17.8 Å². The van der Waals surface area contributed by atoms with Crippen LogP contribution in [-0.2, 0) is 13.5 Å². The summed E-state index contributed by atoms with van der Waals surface area (Å²) in [5.74, 6) is 1.04. The maximum atomic E-state index is 13.6. The van der Waals surface area contributed by atoms with Crippen LogP contribution in [0.1, 0.15) is 42.8 Å². The second kappa shape index (κ2) is 6.41. The molecule has 0 bridgehead atoms. The van der Waals surface area contributed by atoms with E-state index in [4.69, 9.17) is 4.98 Å². The van der Waals surface area contributed by atoms with Gasteiger partial charge in [-0.05, 0) is 37.5 Å². The first-order valence-electron chi connectivity index (χ1n) is 9.73. The van der Waals surface area contributed by atoms with Crippen LogP contribution in [-0.4, -0.2) is 14.1 Å². The molecule has 4 aromatic rings. The topological polar surface area (TPSA) is 56.9 Å². The average molecular weight is 391 g/mol. The number of hydrogen-bond donors (Lipinski definition) is 0. The van der Waals surface area contributed by atoms with E-state index in [1.54, 1.807) is 15.9 Å². The van der Waals surface area contributed by atoms with E-state index < -0.39 is 0 Å². The van der Waals surface area contributed by atoms with Gasteiger partial charge in [0.1, 0.15) is 16.0 Å². The van der Waals surface area contributed by atoms with Gasteiger partial charge in [0.25, 0.3) is 5.56 Å². The molecule has 142 valence electrons. The van der Waals surface area contributed by atoms with Crippen LogP contribution in [0.5, 0.6) is 0 Å². The van der Waals surface area contributed by atoms with Crippen LogP contribution in [0, 0.1) is 0 Å². The van der Waals surface area contributed by atoms with Crippen LogP contribution in [0.3, 0.4) is 0 Å². The zero-order valence-corrected chi connectivity index (χ0v) is 16.8. The summed E-state index contributed by atoms with van der Waals surface area (Å²) in [6, 6.07) is 11.5. The molecule has 0 radical (unpaired) electrons. The van der Waals surface area contributed by atoms with Crippen LogP contribution in [0.4, 0.5) is 0 Å². The van der Waals surface area contributed by atoms with Crippen molar-refractivity contribution in [1.29, 1.82) is 0 Å². The third kappa shape index (κ3) is 2.41. The van der Waals surface area contributed by atoms with Crippen LogP contribution in [0.2, 0.25) is 0 Å². The predicted molar refractivity (Wildman–Crippen MR) is 114 cm³/mol. The van der Waals surface area contributed by atoms with E-state index in [9.17, 15) is 9.59 Å². The number of pyridine rings is 1. The number of fused-ring (bicyclic) bond motifs is 2. The molecule has 1 saturated carbocycles. The molecule has 3 heterocycles. The number of nitrogens with zero attached hydrogens (tertiary/aromatic N) is 3. The smallest absolute Gasteiger partial charge is 0.271 e. The van der Waals surface area contributed by atoms with Crippen LogP contribution in [0.25, 0.3) is 26.9 Å². The number of aryl methyl sites for hydroxylation is 2. The van der Waals surface area contributed by atoms with Gasteiger partial charge in [-0.2, -0.15) is 0 Å². The maximum Gasteiger partial charge on any atom is 0.271 e. The van der Waals surface area contributed by atoms with Gasteiger partial charge >= 0.3 is 0 Å². The Morgan fingerprint density at radius 3 is 2.57 bits per heavy atom. The Hall–Kier alpha value is -2.73. The van der Waals surface area contributed by atoms with Crippen molar-refractivity contribution in [2.24, 2.45) is 7.05 Å². The Morgan fingerprint density at radius 2 is 1.93 bits per heavy atom. The molecule has 5 nitrogen and oxygen atoms in total. The summed E-state index contributed by atoms with van der Waals surface area (Å²) in [7, 11) is 1.91. The third-order valence-corrected chi connectivity index (χ3v) is 7.14. The van der Waals surface area contributed by atoms with Gasteiger partial charge in [0.2, 0.25) is 5.43 Å². The molecule has 0 atom stereocenters. The fraction of sp³-hybridized carbons (Fsp3) is 0.318. The molecule has 1 aliphatic rings. The molecule has 5 rings (SSSR count). The number of para-hydroxylation sites is 1. The molecule has 0 aliphatic heterocycles. The number of benzene rings is 1. The largest absolute Gasteiger partial charge is 0.320 e. The monoisotopic (exact) mass is 391 g/mol. The summed E-state index contributed by atoms with van der Waals surface area (Å²) in [5, 5.41) is 0.800. The summed E-state index contributed by atoms with van der Waals surface area (Å²) in [4.78, 5) is 33.8. The fourth-order valence-electron chi connectivity index (χ4n) is 3.98. The Kier molecular flexibility index (Phi) is 3.98. The van der Waals surface area contributed by atoms with Crippen molar-refractivity contribution in [3.63, 3.8) is 0 Å². The van der Waals surface area contributed by atoms with Gasteiger partial charge in [0.15, 0.2) is 5.65 Å². The molecule has 3 aromatic heterocycles. The first kappa shape index (κ1) is 17.4. The standard InChI is InChI=1S/C22H21N3O2S/c1-3-15-12-16-18(26)17-20(24(2)22(16)28-15)23-19(13-8-7-9-13)25(21(17)27)14-10-5-4-6-11-14/h4-6,10-13H,3,7-9H2,1-2H3. The van der Waals surface area contributed by atoms with E-state index in [0.29, 0.717) is 11.0 Å². The molecular weight excluding hydrogens is 370 g/mol. The highest BCUT2D eigenvalue weighted by molar-refractivity contribution is 7.18.